The van der Waals surface area contributed by atoms with Crippen LogP contribution in [0.2, 0.25) is 0 Å². The Labute approximate surface area is 121 Å². The third-order valence-corrected chi connectivity index (χ3v) is 3.66. The molecule has 0 aromatic heterocycles. The maximum atomic E-state index is 11.4. The molecule has 1 saturated heterocycles. The van der Waals surface area contributed by atoms with Gasteiger partial charge >= 0.3 is 6.09 Å². The first-order valence-corrected chi connectivity index (χ1v) is 6.47. The predicted molar refractivity (Wildman–Crippen MR) is 77.8 cm³/mol. The van der Waals surface area contributed by atoms with Crippen molar-refractivity contribution >= 4 is 40.1 Å². The Kier molecular flexibility index (Phi) is 5.91. The van der Waals surface area contributed by atoms with Gasteiger partial charge in [-0.2, -0.15) is 0 Å². The second-order valence-corrected chi connectivity index (χ2v) is 4.94. The van der Waals surface area contributed by atoms with Gasteiger partial charge in [-0.3, -0.25) is 4.90 Å². The number of carboxylic acid groups (broad SMARTS) is 1. The number of rotatable bonds is 2. The molecular formula is C12H16BrClN2O2. The highest BCUT2D eigenvalue weighted by Crippen LogP contribution is 2.29. The van der Waals surface area contributed by atoms with Crippen LogP contribution in [0.25, 0.3) is 0 Å². The lowest BCUT2D eigenvalue weighted by Crippen LogP contribution is -2.46. The van der Waals surface area contributed by atoms with Gasteiger partial charge < -0.3 is 10.4 Å². The molecule has 0 radical (unpaired) electrons. The number of halogens is 2. The number of nitrogens with zero attached hydrogens (tertiary/aromatic N) is 1. The number of amides is 1. The Balaban J connectivity index is 0.00000162. The van der Waals surface area contributed by atoms with Crippen molar-refractivity contribution in [1.82, 2.24) is 5.32 Å². The highest BCUT2D eigenvalue weighted by molar-refractivity contribution is 9.10. The van der Waals surface area contributed by atoms with Crippen molar-refractivity contribution in [3.05, 3.63) is 28.7 Å². The molecule has 1 amide bonds. The molecule has 1 aromatic rings. The molecule has 18 heavy (non-hydrogen) atoms. The average Bonchev–Trinajstić information content (AvgIpc) is 2.33. The maximum Gasteiger partial charge on any atom is 0.412 e. The molecule has 0 atom stereocenters. The van der Waals surface area contributed by atoms with Crippen molar-refractivity contribution in [3.63, 3.8) is 0 Å². The molecule has 1 aliphatic heterocycles. The molecule has 6 heteroatoms. The van der Waals surface area contributed by atoms with Gasteiger partial charge in [0.05, 0.1) is 5.69 Å². The summed E-state index contributed by atoms with van der Waals surface area (Å²) in [6, 6.07) is 7.51. The molecule has 1 fully saturated rings. The largest absolute Gasteiger partial charge is 0.465 e. The van der Waals surface area contributed by atoms with Gasteiger partial charge in [-0.1, -0.05) is 12.1 Å². The minimum atomic E-state index is -0.885. The molecule has 0 aliphatic carbocycles. The second kappa shape index (κ2) is 6.97. The van der Waals surface area contributed by atoms with Gasteiger partial charge in [0.25, 0.3) is 0 Å². The summed E-state index contributed by atoms with van der Waals surface area (Å²) in [6.07, 6.45) is 0.824. The smallest absolute Gasteiger partial charge is 0.412 e. The van der Waals surface area contributed by atoms with Crippen LogP contribution < -0.4 is 10.2 Å². The minimum absolute atomic E-state index is 0. The highest BCUT2D eigenvalue weighted by atomic mass is 79.9. The van der Waals surface area contributed by atoms with E-state index in [1.807, 2.05) is 24.3 Å². The first-order valence-electron chi connectivity index (χ1n) is 5.67. The minimum Gasteiger partial charge on any atom is -0.465 e. The van der Waals surface area contributed by atoms with E-state index in [9.17, 15) is 9.90 Å². The summed E-state index contributed by atoms with van der Waals surface area (Å²) in [5.41, 5.74) is 0.729. The number of hydrogen-bond donors (Lipinski definition) is 2. The Bertz CT molecular complexity index is 411. The van der Waals surface area contributed by atoms with E-state index in [1.165, 1.54) is 4.90 Å². The van der Waals surface area contributed by atoms with Crippen LogP contribution in [0, 0.1) is 0 Å². The molecule has 0 unspecified atom stereocenters. The molecule has 1 heterocycles. The fourth-order valence-electron chi connectivity index (χ4n) is 2.17. The van der Waals surface area contributed by atoms with Crippen molar-refractivity contribution in [2.45, 2.75) is 18.9 Å². The van der Waals surface area contributed by atoms with Gasteiger partial charge in [0.15, 0.2) is 0 Å². The standard InChI is InChI=1S/C12H15BrN2O2.ClH/c13-10-3-1-2-4-11(10)15(12(16)17)9-5-7-14-8-6-9;/h1-4,9,14H,5-8H2,(H,16,17);1H. The number of hydrogen-bond acceptors (Lipinski definition) is 2. The summed E-state index contributed by atoms with van der Waals surface area (Å²) in [7, 11) is 0. The summed E-state index contributed by atoms with van der Waals surface area (Å²) >= 11 is 3.41. The summed E-state index contributed by atoms with van der Waals surface area (Å²) < 4.78 is 0.820. The van der Waals surface area contributed by atoms with E-state index in [0.717, 1.165) is 36.1 Å². The van der Waals surface area contributed by atoms with Crippen LogP contribution in [-0.2, 0) is 0 Å². The van der Waals surface area contributed by atoms with Crippen molar-refractivity contribution in [1.29, 1.82) is 0 Å². The number of piperidine rings is 1. The van der Waals surface area contributed by atoms with Crippen LogP contribution in [-0.4, -0.2) is 30.3 Å². The molecule has 1 aliphatic rings. The summed E-state index contributed by atoms with van der Waals surface area (Å²) in [6.45, 7) is 1.75. The Morgan fingerprint density at radius 1 is 1.33 bits per heavy atom. The van der Waals surface area contributed by atoms with Crippen LogP contribution in [0.5, 0.6) is 0 Å². The summed E-state index contributed by atoms with van der Waals surface area (Å²) in [4.78, 5) is 12.9. The molecule has 2 N–H and O–H groups in total. The van der Waals surface area contributed by atoms with E-state index in [0.29, 0.717) is 0 Å². The fraction of sp³-hybridized carbons (Fsp3) is 0.417. The van der Waals surface area contributed by atoms with Gasteiger partial charge in [0, 0.05) is 10.5 Å². The first kappa shape index (κ1) is 15.3. The quantitative estimate of drug-likeness (QED) is 0.873. The zero-order valence-corrected chi connectivity index (χ0v) is 12.2. The predicted octanol–water partition coefficient (Wildman–Crippen LogP) is 3.11. The van der Waals surface area contributed by atoms with Crippen LogP contribution in [0.3, 0.4) is 0 Å². The van der Waals surface area contributed by atoms with Gasteiger partial charge in [-0.15, -0.1) is 12.4 Å². The molecular weight excluding hydrogens is 320 g/mol. The van der Waals surface area contributed by atoms with Gasteiger partial charge in [0.1, 0.15) is 0 Å². The topological polar surface area (TPSA) is 52.6 Å². The van der Waals surface area contributed by atoms with E-state index >= 15 is 0 Å². The number of para-hydroxylation sites is 1. The third-order valence-electron chi connectivity index (χ3n) is 2.99. The van der Waals surface area contributed by atoms with Crippen LogP contribution >= 0.6 is 28.3 Å². The molecule has 0 bridgehead atoms. The number of carbonyl (C=O) groups is 1. The summed E-state index contributed by atoms with van der Waals surface area (Å²) in [5, 5.41) is 12.6. The Morgan fingerprint density at radius 3 is 2.50 bits per heavy atom. The monoisotopic (exact) mass is 334 g/mol. The van der Waals surface area contributed by atoms with E-state index < -0.39 is 6.09 Å². The normalized spacial score (nSPS) is 15.8. The number of benzene rings is 1. The molecule has 0 spiro atoms. The van der Waals surface area contributed by atoms with Gasteiger partial charge in [0.2, 0.25) is 0 Å². The lowest BCUT2D eigenvalue weighted by Gasteiger charge is -2.33. The van der Waals surface area contributed by atoms with Crippen molar-refractivity contribution in [2.24, 2.45) is 0 Å². The highest BCUT2D eigenvalue weighted by Gasteiger charge is 2.27. The fourth-order valence-corrected chi connectivity index (χ4v) is 2.64. The lowest BCUT2D eigenvalue weighted by atomic mass is 10.0. The SMILES string of the molecule is Cl.O=C(O)N(c1ccccc1Br)C1CCNCC1. The Morgan fingerprint density at radius 2 is 1.94 bits per heavy atom. The van der Waals surface area contributed by atoms with E-state index in [4.69, 9.17) is 0 Å². The summed E-state index contributed by atoms with van der Waals surface area (Å²) in [5.74, 6) is 0. The Hall–Kier alpha value is -0.780. The van der Waals surface area contributed by atoms with E-state index in [-0.39, 0.29) is 18.4 Å². The van der Waals surface area contributed by atoms with Crippen molar-refractivity contribution in [3.8, 4) is 0 Å². The first-order chi connectivity index (χ1) is 8.20. The molecule has 4 nitrogen and oxygen atoms in total. The van der Waals surface area contributed by atoms with Crippen LogP contribution in [0.1, 0.15) is 12.8 Å². The molecule has 0 saturated carbocycles. The molecule has 2 rings (SSSR count). The van der Waals surface area contributed by atoms with E-state index in [1.54, 1.807) is 0 Å². The second-order valence-electron chi connectivity index (χ2n) is 4.09. The maximum absolute atomic E-state index is 11.4. The van der Waals surface area contributed by atoms with Crippen LogP contribution in [0.4, 0.5) is 10.5 Å². The zero-order chi connectivity index (χ0) is 12.3. The molecule has 1 aromatic carbocycles. The lowest BCUT2D eigenvalue weighted by molar-refractivity contribution is 0.197. The average molecular weight is 336 g/mol. The van der Waals surface area contributed by atoms with Gasteiger partial charge in [-0.05, 0) is 54.0 Å². The van der Waals surface area contributed by atoms with Crippen LogP contribution in [0.15, 0.2) is 28.7 Å². The number of anilines is 1. The van der Waals surface area contributed by atoms with Gasteiger partial charge in [-0.25, -0.2) is 4.79 Å². The van der Waals surface area contributed by atoms with E-state index in [2.05, 4.69) is 21.2 Å². The van der Waals surface area contributed by atoms with Crippen molar-refractivity contribution < 1.29 is 9.90 Å². The van der Waals surface area contributed by atoms with Crippen molar-refractivity contribution in [2.75, 3.05) is 18.0 Å². The molecule has 100 valence electrons. The zero-order valence-electron chi connectivity index (χ0n) is 9.80. The number of nitrogens with one attached hydrogen (secondary N) is 1. The third kappa shape index (κ3) is 3.37.